The molecule has 0 atom stereocenters. The molecule has 1 aliphatic rings. The van der Waals surface area contributed by atoms with Crippen molar-refractivity contribution in [2.75, 3.05) is 26.4 Å². The fraction of sp³-hybridized carbons (Fsp3) is 0.533. The van der Waals surface area contributed by atoms with Crippen LogP contribution in [0.25, 0.3) is 0 Å². The van der Waals surface area contributed by atoms with Crippen LogP contribution in [-0.4, -0.2) is 31.4 Å². The highest BCUT2D eigenvalue weighted by Crippen LogP contribution is 2.29. The summed E-state index contributed by atoms with van der Waals surface area (Å²) in [4.78, 5) is 0.363. The number of hydrogen-bond donors (Lipinski definition) is 1. The first-order valence-electron chi connectivity index (χ1n) is 6.98. The van der Waals surface area contributed by atoms with Crippen LogP contribution in [0.1, 0.15) is 25.3 Å². The molecule has 2 rings (SSSR count). The Morgan fingerprint density at radius 3 is 2.70 bits per heavy atom. The van der Waals surface area contributed by atoms with E-state index >= 15 is 0 Å². The van der Waals surface area contributed by atoms with Gasteiger partial charge >= 0.3 is 0 Å². The Bertz CT molecular complexity index is 458. The van der Waals surface area contributed by atoms with Crippen molar-refractivity contribution >= 4 is 17.2 Å². The maximum Gasteiger partial charge on any atom is 0.161 e. The van der Waals surface area contributed by atoms with Gasteiger partial charge in [0.15, 0.2) is 11.5 Å². The lowest BCUT2D eigenvalue weighted by molar-refractivity contribution is 0.0492. The molecule has 1 aromatic carbocycles. The third-order valence-corrected chi connectivity index (χ3v) is 3.58. The number of benzene rings is 1. The predicted octanol–water partition coefficient (Wildman–Crippen LogP) is 2.52. The van der Waals surface area contributed by atoms with E-state index < -0.39 is 0 Å². The molecular weight excluding hydrogens is 274 g/mol. The average Bonchev–Trinajstić information content (AvgIpc) is 2.47. The molecule has 0 unspecified atom stereocenters. The summed E-state index contributed by atoms with van der Waals surface area (Å²) in [6.07, 6.45) is 2.10. The van der Waals surface area contributed by atoms with Gasteiger partial charge in [0, 0.05) is 18.8 Å². The molecule has 0 radical (unpaired) electrons. The SMILES string of the molecule is CCOc1cc(C(N)=S)ccc1OCC1CCOCC1. The molecule has 0 amide bonds. The van der Waals surface area contributed by atoms with Crippen molar-refractivity contribution in [3.63, 3.8) is 0 Å². The number of thiocarbonyl (C=S) groups is 1. The minimum Gasteiger partial charge on any atom is -0.490 e. The van der Waals surface area contributed by atoms with Crippen LogP contribution in [0.15, 0.2) is 18.2 Å². The van der Waals surface area contributed by atoms with Crippen LogP contribution in [-0.2, 0) is 4.74 Å². The van der Waals surface area contributed by atoms with Gasteiger partial charge < -0.3 is 19.9 Å². The summed E-state index contributed by atoms with van der Waals surface area (Å²) in [6, 6.07) is 5.58. The van der Waals surface area contributed by atoms with Crippen molar-refractivity contribution in [1.82, 2.24) is 0 Å². The minimum absolute atomic E-state index is 0.363. The van der Waals surface area contributed by atoms with Crippen LogP contribution in [0, 0.1) is 5.92 Å². The summed E-state index contributed by atoms with van der Waals surface area (Å²) in [5.41, 5.74) is 6.43. The van der Waals surface area contributed by atoms with Gasteiger partial charge in [0.1, 0.15) is 4.99 Å². The standard InChI is InChI=1S/C15H21NO3S/c1-2-18-14-9-12(15(16)20)3-4-13(14)19-10-11-5-7-17-8-6-11/h3-4,9,11H,2,5-8,10H2,1H3,(H2,16,20). The van der Waals surface area contributed by atoms with E-state index in [2.05, 4.69) is 0 Å². The average molecular weight is 295 g/mol. The van der Waals surface area contributed by atoms with E-state index in [0.29, 0.717) is 29.9 Å². The number of ether oxygens (including phenoxy) is 3. The Labute approximate surface area is 125 Å². The Kier molecular flexibility index (Phi) is 5.61. The maximum atomic E-state index is 5.90. The fourth-order valence-corrected chi connectivity index (χ4v) is 2.30. The van der Waals surface area contributed by atoms with E-state index in [1.807, 2.05) is 25.1 Å². The molecule has 2 N–H and O–H groups in total. The smallest absolute Gasteiger partial charge is 0.161 e. The second-order valence-electron chi connectivity index (χ2n) is 4.83. The summed E-state index contributed by atoms with van der Waals surface area (Å²) in [7, 11) is 0. The van der Waals surface area contributed by atoms with E-state index in [1.54, 1.807) is 0 Å². The van der Waals surface area contributed by atoms with Crippen LogP contribution in [0.4, 0.5) is 0 Å². The van der Waals surface area contributed by atoms with Gasteiger partial charge in [0.2, 0.25) is 0 Å². The van der Waals surface area contributed by atoms with E-state index in [9.17, 15) is 0 Å². The van der Waals surface area contributed by atoms with Gasteiger partial charge in [-0.3, -0.25) is 0 Å². The van der Waals surface area contributed by atoms with Crippen LogP contribution in [0.2, 0.25) is 0 Å². The minimum atomic E-state index is 0.363. The van der Waals surface area contributed by atoms with Gasteiger partial charge in [-0.15, -0.1) is 0 Å². The highest BCUT2D eigenvalue weighted by Gasteiger charge is 2.16. The van der Waals surface area contributed by atoms with Crippen LogP contribution in [0.5, 0.6) is 11.5 Å². The molecule has 1 aromatic rings. The molecular formula is C15H21NO3S. The van der Waals surface area contributed by atoms with Crippen molar-refractivity contribution in [2.45, 2.75) is 19.8 Å². The zero-order valence-electron chi connectivity index (χ0n) is 11.8. The topological polar surface area (TPSA) is 53.7 Å². The molecule has 5 heteroatoms. The van der Waals surface area contributed by atoms with Crippen LogP contribution in [0.3, 0.4) is 0 Å². The van der Waals surface area contributed by atoms with Crippen molar-refractivity contribution in [2.24, 2.45) is 11.7 Å². The lowest BCUT2D eigenvalue weighted by Gasteiger charge is -2.22. The second-order valence-corrected chi connectivity index (χ2v) is 5.27. The molecule has 1 heterocycles. The first-order valence-corrected chi connectivity index (χ1v) is 7.38. The number of rotatable bonds is 6. The van der Waals surface area contributed by atoms with Crippen molar-refractivity contribution in [3.05, 3.63) is 23.8 Å². The maximum absolute atomic E-state index is 5.90. The normalized spacial score (nSPS) is 15.8. The van der Waals surface area contributed by atoms with Gasteiger partial charge in [-0.1, -0.05) is 12.2 Å². The number of hydrogen-bond acceptors (Lipinski definition) is 4. The zero-order valence-corrected chi connectivity index (χ0v) is 12.6. The van der Waals surface area contributed by atoms with Gasteiger partial charge in [0.05, 0.1) is 13.2 Å². The summed E-state index contributed by atoms with van der Waals surface area (Å²) in [5, 5.41) is 0. The Morgan fingerprint density at radius 2 is 2.05 bits per heavy atom. The third kappa shape index (κ3) is 4.08. The molecule has 1 aliphatic heterocycles. The summed E-state index contributed by atoms with van der Waals surface area (Å²) in [6.45, 7) is 4.86. The second kappa shape index (κ2) is 7.45. The van der Waals surface area contributed by atoms with E-state index in [4.69, 9.17) is 32.2 Å². The molecule has 0 saturated carbocycles. The Morgan fingerprint density at radius 1 is 1.30 bits per heavy atom. The van der Waals surface area contributed by atoms with Crippen molar-refractivity contribution < 1.29 is 14.2 Å². The van der Waals surface area contributed by atoms with Crippen LogP contribution >= 0.6 is 12.2 Å². The summed E-state index contributed by atoms with van der Waals surface area (Å²) < 4.78 is 16.8. The molecule has 1 saturated heterocycles. The van der Waals surface area contributed by atoms with Gasteiger partial charge in [-0.2, -0.15) is 0 Å². The summed E-state index contributed by atoms with van der Waals surface area (Å²) >= 11 is 4.98. The first kappa shape index (κ1) is 15.1. The lowest BCUT2D eigenvalue weighted by atomic mass is 10.0. The lowest BCUT2D eigenvalue weighted by Crippen LogP contribution is -2.21. The molecule has 0 bridgehead atoms. The highest BCUT2D eigenvalue weighted by atomic mass is 32.1. The zero-order chi connectivity index (χ0) is 14.4. The predicted molar refractivity (Wildman–Crippen MR) is 82.5 cm³/mol. The number of nitrogens with two attached hydrogens (primary N) is 1. The van der Waals surface area contributed by atoms with Crippen LogP contribution < -0.4 is 15.2 Å². The van der Waals surface area contributed by atoms with Gasteiger partial charge in [-0.05, 0) is 43.9 Å². The van der Waals surface area contributed by atoms with E-state index in [-0.39, 0.29) is 0 Å². The first-order chi connectivity index (χ1) is 9.70. The third-order valence-electron chi connectivity index (χ3n) is 3.34. The fourth-order valence-electron chi connectivity index (χ4n) is 2.17. The Hall–Kier alpha value is -1.33. The largest absolute Gasteiger partial charge is 0.490 e. The molecule has 1 fully saturated rings. The molecule has 4 nitrogen and oxygen atoms in total. The van der Waals surface area contributed by atoms with Crippen molar-refractivity contribution in [3.8, 4) is 11.5 Å². The monoisotopic (exact) mass is 295 g/mol. The molecule has 110 valence electrons. The molecule has 0 aromatic heterocycles. The van der Waals surface area contributed by atoms with E-state index in [0.717, 1.165) is 37.4 Å². The van der Waals surface area contributed by atoms with Crippen molar-refractivity contribution in [1.29, 1.82) is 0 Å². The highest BCUT2D eigenvalue weighted by molar-refractivity contribution is 7.80. The van der Waals surface area contributed by atoms with E-state index in [1.165, 1.54) is 0 Å². The quantitative estimate of drug-likeness (QED) is 0.817. The molecule has 0 spiro atoms. The van der Waals surface area contributed by atoms with Gasteiger partial charge in [0.25, 0.3) is 0 Å². The molecule has 0 aliphatic carbocycles. The molecule has 20 heavy (non-hydrogen) atoms. The Balaban J connectivity index is 2.03. The van der Waals surface area contributed by atoms with Gasteiger partial charge in [-0.25, -0.2) is 0 Å². The summed E-state index contributed by atoms with van der Waals surface area (Å²) in [5.74, 6) is 2.00.